The maximum Gasteiger partial charge on any atom is 0.272 e. The molecule has 26 heavy (non-hydrogen) atoms. The zero-order valence-electron chi connectivity index (χ0n) is 13.9. The van der Waals surface area contributed by atoms with Crippen molar-refractivity contribution in [3.63, 3.8) is 0 Å². The molecule has 0 fully saturated rings. The van der Waals surface area contributed by atoms with Crippen LogP contribution in [0.1, 0.15) is 5.56 Å². The van der Waals surface area contributed by atoms with Crippen molar-refractivity contribution in [1.82, 2.24) is 9.24 Å². The number of pyridine rings is 1. The Morgan fingerprint density at radius 1 is 1.04 bits per heavy atom. The molecule has 2 heterocycles. The first kappa shape index (κ1) is 15.8. The van der Waals surface area contributed by atoms with Gasteiger partial charge >= 0.3 is 0 Å². The normalized spacial score (nSPS) is 11.6. The number of para-hydroxylation sites is 1. The topological polar surface area (TPSA) is 82.4 Å². The molecule has 0 bridgehead atoms. The third-order valence-corrected chi connectivity index (χ3v) is 4.37. The van der Waals surface area contributed by atoms with Crippen molar-refractivity contribution in [2.45, 2.75) is 0 Å². The van der Waals surface area contributed by atoms with Crippen LogP contribution in [0.4, 0.5) is 5.69 Å². The molecule has 0 radical (unpaired) electrons. The fourth-order valence-electron chi connectivity index (χ4n) is 3.02. The summed E-state index contributed by atoms with van der Waals surface area (Å²) in [6, 6.07) is 15.5. The van der Waals surface area contributed by atoms with E-state index in [0.29, 0.717) is 5.56 Å². The Bertz CT molecular complexity index is 1230. The highest BCUT2D eigenvalue weighted by molar-refractivity contribution is 6.07. The van der Waals surface area contributed by atoms with Crippen LogP contribution in [-0.2, 0) is 7.05 Å². The van der Waals surface area contributed by atoms with Gasteiger partial charge in [-0.3, -0.25) is 14.9 Å². The van der Waals surface area contributed by atoms with Gasteiger partial charge in [-0.1, -0.05) is 18.2 Å². The number of nitro benzene ring substituents is 1. The largest absolute Gasteiger partial charge is 0.343 e. The van der Waals surface area contributed by atoms with Crippen LogP contribution in [0.3, 0.4) is 0 Å². The number of aryl methyl sites for hydroxylation is 1. The molecule has 0 saturated heterocycles. The fraction of sp³-hybridized carbons (Fsp3) is 0.0526. The van der Waals surface area contributed by atoms with E-state index < -0.39 is 4.92 Å². The van der Waals surface area contributed by atoms with Gasteiger partial charge in [0, 0.05) is 47.7 Å². The predicted octanol–water partition coefficient (Wildman–Crippen LogP) is 3.28. The summed E-state index contributed by atoms with van der Waals surface area (Å²) in [5.74, 6) is 0. The number of rotatable bonds is 3. The van der Waals surface area contributed by atoms with Gasteiger partial charge in [-0.25, -0.2) is 4.68 Å². The summed E-state index contributed by atoms with van der Waals surface area (Å²) >= 11 is 0. The molecule has 0 aliphatic heterocycles. The zero-order chi connectivity index (χ0) is 18.3. The van der Waals surface area contributed by atoms with Crippen LogP contribution < -0.4 is 5.56 Å². The maximum atomic E-state index is 12.4. The number of hydrogen-bond donors (Lipinski definition) is 0. The minimum atomic E-state index is -0.458. The monoisotopic (exact) mass is 346 g/mol. The van der Waals surface area contributed by atoms with Crippen LogP contribution in [0.5, 0.6) is 0 Å². The van der Waals surface area contributed by atoms with Gasteiger partial charge in [0.25, 0.3) is 11.2 Å². The van der Waals surface area contributed by atoms with Crippen molar-refractivity contribution >= 4 is 33.7 Å². The molecule has 0 N–H and O–H groups in total. The molecule has 0 aliphatic rings. The average Bonchev–Trinajstić information content (AvgIpc) is 2.92. The van der Waals surface area contributed by atoms with E-state index in [4.69, 9.17) is 0 Å². The smallest absolute Gasteiger partial charge is 0.272 e. The lowest BCUT2D eigenvalue weighted by atomic mass is 10.2. The van der Waals surface area contributed by atoms with Crippen molar-refractivity contribution in [2.75, 3.05) is 0 Å². The van der Waals surface area contributed by atoms with Gasteiger partial charge in [-0.05, 0) is 23.8 Å². The summed E-state index contributed by atoms with van der Waals surface area (Å²) < 4.78 is 3.26. The number of nitro groups is 1. The Kier molecular flexibility index (Phi) is 3.62. The van der Waals surface area contributed by atoms with E-state index in [1.165, 1.54) is 23.0 Å². The number of nitrogens with zero attached hydrogens (tertiary/aromatic N) is 4. The minimum absolute atomic E-state index is 0.0106. The maximum absolute atomic E-state index is 12.4. The summed E-state index contributed by atoms with van der Waals surface area (Å²) in [4.78, 5) is 22.6. The van der Waals surface area contributed by atoms with Gasteiger partial charge in [-0.2, -0.15) is 5.10 Å². The van der Waals surface area contributed by atoms with Crippen molar-refractivity contribution in [1.29, 1.82) is 0 Å². The second-order valence-corrected chi connectivity index (χ2v) is 5.92. The molecule has 4 aromatic rings. The molecule has 4 rings (SSSR count). The van der Waals surface area contributed by atoms with Gasteiger partial charge in [0.05, 0.1) is 16.7 Å². The van der Waals surface area contributed by atoms with Crippen molar-refractivity contribution in [3.8, 4) is 0 Å². The first-order valence-corrected chi connectivity index (χ1v) is 7.93. The van der Waals surface area contributed by atoms with Gasteiger partial charge in [0.15, 0.2) is 0 Å². The van der Waals surface area contributed by atoms with Crippen LogP contribution in [0.15, 0.2) is 70.7 Å². The molecule has 2 aromatic carbocycles. The Balaban J connectivity index is 1.79. The highest BCUT2D eigenvalue weighted by Gasteiger charge is 2.09. The SMILES string of the molecule is Cn1c2ccccc2c2cn(/N=C/c3ccc([N+](=O)[O-])cc3)c(=O)cc21. The molecule has 0 amide bonds. The Hall–Kier alpha value is -3.74. The predicted molar refractivity (Wildman–Crippen MR) is 101 cm³/mol. The number of non-ortho nitro benzene ring substituents is 1. The van der Waals surface area contributed by atoms with Crippen molar-refractivity contribution in [3.05, 3.63) is 86.8 Å². The van der Waals surface area contributed by atoms with E-state index in [1.54, 1.807) is 24.4 Å². The molecular formula is C19H14N4O3. The summed E-state index contributed by atoms with van der Waals surface area (Å²) in [5.41, 5.74) is 2.32. The number of hydrogen-bond acceptors (Lipinski definition) is 4. The van der Waals surface area contributed by atoms with E-state index >= 15 is 0 Å². The highest BCUT2D eigenvalue weighted by Crippen LogP contribution is 2.26. The van der Waals surface area contributed by atoms with Crippen LogP contribution >= 0.6 is 0 Å². The van der Waals surface area contributed by atoms with E-state index in [0.717, 1.165) is 21.8 Å². The Morgan fingerprint density at radius 3 is 2.50 bits per heavy atom. The molecule has 0 aliphatic carbocycles. The summed E-state index contributed by atoms with van der Waals surface area (Å²) in [5, 5.41) is 16.9. The highest BCUT2D eigenvalue weighted by atomic mass is 16.6. The number of fused-ring (bicyclic) bond motifs is 3. The van der Waals surface area contributed by atoms with E-state index in [9.17, 15) is 14.9 Å². The van der Waals surface area contributed by atoms with Gasteiger partial charge in [-0.15, -0.1) is 0 Å². The minimum Gasteiger partial charge on any atom is -0.343 e. The lowest BCUT2D eigenvalue weighted by Gasteiger charge is -2.00. The second-order valence-electron chi connectivity index (χ2n) is 5.92. The van der Waals surface area contributed by atoms with E-state index in [-0.39, 0.29) is 11.2 Å². The summed E-state index contributed by atoms with van der Waals surface area (Å²) in [7, 11) is 1.93. The molecule has 7 heteroatoms. The third kappa shape index (κ3) is 2.55. The summed E-state index contributed by atoms with van der Waals surface area (Å²) in [6.07, 6.45) is 3.21. The van der Waals surface area contributed by atoms with Crippen LogP contribution in [0, 0.1) is 10.1 Å². The molecule has 0 saturated carbocycles. The van der Waals surface area contributed by atoms with Crippen molar-refractivity contribution < 1.29 is 4.92 Å². The second kappa shape index (κ2) is 5.96. The quantitative estimate of drug-likeness (QED) is 0.324. The zero-order valence-corrected chi connectivity index (χ0v) is 13.9. The first-order chi connectivity index (χ1) is 12.5. The van der Waals surface area contributed by atoms with Crippen LogP contribution in [0.2, 0.25) is 0 Å². The van der Waals surface area contributed by atoms with Gasteiger partial charge in [0.2, 0.25) is 0 Å². The van der Waals surface area contributed by atoms with E-state index in [2.05, 4.69) is 5.10 Å². The lowest BCUT2D eigenvalue weighted by Crippen LogP contribution is -2.14. The molecule has 7 nitrogen and oxygen atoms in total. The molecule has 0 atom stereocenters. The fourth-order valence-corrected chi connectivity index (χ4v) is 3.02. The number of aromatic nitrogens is 2. The molecule has 0 unspecified atom stereocenters. The van der Waals surface area contributed by atoms with Gasteiger partial charge in [0.1, 0.15) is 0 Å². The average molecular weight is 346 g/mol. The molecule has 0 spiro atoms. The van der Waals surface area contributed by atoms with Crippen LogP contribution in [-0.4, -0.2) is 20.4 Å². The molecule has 2 aromatic heterocycles. The van der Waals surface area contributed by atoms with E-state index in [1.807, 2.05) is 35.9 Å². The Morgan fingerprint density at radius 2 is 1.77 bits per heavy atom. The lowest BCUT2D eigenvalue weighted by molar-refractivity contribution is -0.384. The Labute approximate surface area is 147 Å². The van der Waals surface area contributed by atoms with Crippen molar-refractivity contribution in [2.24, 2.45) is 12.1 Å². The number of benzene rings is 2. The molecule has 128 valence electrons. The third-order valence-electron chi connectivity index (χ3n) is 4.37. The van der Waals surface area contributed by atoms with Gasteiger partial charge < -0.3 is 4.57 Å². The first-order valence-electron chi connectivity index (χ1n) is 7.93. The van der Waals surface area contributed by atoms with Crippen LogP contribution in [0.25, 0.3) is 21.8 Å². The standard InChI is InChI=1S/C19H14N4O3/c1-21-17-5-3-2-4-15(17)16-12-22(19(24)10-18(16)21)20-11-13-6-8-14(9-7-13)23(25)26/h2-12H,1H3/b20-11+. The molecular weight excluding hydrogens is 332 g/mol. The summed E-state index contributed by atoms with van der Waals surface area (Å²) in [6.45, 7) is 0.